The number of ether oxygens (including phenoxy) is 1. The number of rotatable bonds is 7. The zero-order chi connectivity index (χ0) is 15.1. The Morgan fingerprint density at radius 1 is 1.35 bits per heavy atom. The summed E-state index contributed by atoms with van der Waals surface area (Å²) in [6.45, 7) is 2.00. The fourth-order valence-corrected chi connectivity index (χ4v) is 1.69. The molecule has 1 N–H and O–H groups in total. The van der Waals surface area contributed by atoms with Gasteiger partial charge in [-0.1, -0.05) is 18.5 Å². The Hall–Kier alpha value is -1.75. The van der Waals surface area contributed by atoms with Gasteiger partial charge in [-0.2, -0.15) is 0 Å². The normalized spacial score (nSPS) is 11.8. The first kappa shape index (κ1) is 16.3. The molecule has 1 unspecified atom stereocenters. The largest absolute Gasteiger partial charge is 0.493 e. The quantitative estimate of drug-likeness (QED) is 0.839. The van der Waals surface area contributed by atoms with Crippen molar-refractivity contribution < 1.29 is 19.4 Å². The highest BCUT2D eigenvalue weighted by Gasteiger charge is 2.17. The second-order valence-electron chi connectivity index (χ2n) is 4.57. The van der Waals surface area contributed by atoms with E-state index in [1.807, 2.05) is 0 Å². The van der Waals surface area contributed by atoms with Crippen molar-refractivity contribution in [3.8, 4) is 5.75 Å². The number of aliphatic carboxylic acids is 1. The molecule has 0 aliphatic rings. The predicted octanol–water partition coefficient (Wildman–Crippen LogP) is 2.29. The van der Waals surface area contributed by atoms with Gasteiger partial charge in [0.1, 0.15) is 5.75 Å². The van der Waals surface area contributed by atoms with Crippen LogP contribution in [-0.4, -0.2) is 42.1 Å². The summed E-state index contributed by atoms with van der Waals surface area (Å²) in [6, 6.07) is 6.87. The van der Waals surface area contributed by atoms with Gasteiger partial charge in [0.25, 0.3) is 0 Å². The minimum atomic E-state index is -0.915. The molecule has 20 heavy (non-hydrogen) atoms. The molecule has 0 aromatic heterocycles. The van der Waals surface area contributed by atoms with Crippen molar-refractivity contribution in [2.24, 2.45) is 5.92 Å². The monoisotopic (exact) mass is 299 g/mol. The number of halogens is 1. The molecule has 0 radical (unpaired) electrons. The van der Waals surface area contributed by atoms with Crippen LogP contribution in [0.25, 0.3) is 0 Å². The molecule has 0 spiro atoms. The van der Waals surface area contributed by atoms with Crippen LogP contribution in [0.4, 0.5) is 0 Å². The second kappa shape index (κ2) is 7.75. The van der Waals surface area contributed by atoms with Crippen LogP contribution in [0.1, 0.15) is 13.3 Å². The van der Waals surface area contributed by atoms with Gasteiger partial charge in [-0.3, -0.25) is 9.59 Å². The standard InChI is InChI=1S/C14H18ClNO4/c1-10(14(18)19)9-16(2)13(17)7-8-20-12-5-3-11(15)4-6-12/h3-6,10H,7-9H2,1-2H3,(H,18,19). The Balaban J connectivity index is 2.32. The van der Waals surface area contributed by atoms with Crippen molar-refractivity contribution in [3.05, 3.63) is 29.3 Å². The molecule has 6 heteroatoms. The van der Waals surface area contributed by atoms with Crippen molar-refractivity contribution in [3.63, 3.8) is 0 Å². The highest BCUT2D eigenvalue weighted by molar-refractivity contribution is 6.30. The lowest BCUT2D eigenvalue weighted by atomic mass is 10.2. The summed E-state index contributed by atoms with van der Waals surface area (Å²) in [4.78, 5) is 23.9. The topological polar surface area (TPSA) is 66.8 Å². The van der Waals surface area contributed by atoms with Gasteiger partial charge < -0.3 is 14.7 Å². The molecule has 110 valence electrons. The zero-order valence-electron chi connectivity index (χ0n) is 11.5. The Morgan fingerprint density at radius 2 is 1.95 bits per heavy atom. The third kappa shape index (κ3) is 5.48. The highest BCUT2D eigenvalue weighted by Crippen LogP contribution is 2.15. The van der Waals surface area contributed by atoms with E-state index in [0.29, 0.717) is 10.8 Å². The van der Waals surface area contributed by atoms with E-state index in [-0.39, 0.29) is 25.5 Å². The number of amides is 1. The molecule has 5 nitrogen and oxygen atoms in total. The first-order valence-corrected chi connectivity index (χ1v) is 6.63. The Bertz CT molecular complexity index is 461. The SMILES string of the molecule is CC(CN(C)C(=O)CCOc1ccc(Cl)cc1)C(=O)O. The Kier molecular flexibility index (Phi) is 6.31. The molecule has 0 aliphatic carbocycles. The molecular formula is C14H18ClNO4. The van der Waals surface area contributed by atoms with E-state index < -0.39 is 11.9 Å². The third-order valence-electron chi connectivity index (χ3n) is 2.79. The smallest absolute Gasteiger partial charge is 0.308 e. The van der Waals surface area contributed by atoms with Crippen LogP contribution >= 0.6 is 11.6 Å². The van der Waals surface area contributed by atoms with E-state index in [4.69, 9.17) is 21.4 Å². The van der Waals surface area contributed by atoms with Crippen LogP contribution in [0.3, 0.4) is 0 Å². The van der Waals surface area contributed by atoms with Gasteiger partial charge in [0.05, 0.1) is 18.9 Å². The lowest BCUT2D eigenvalue weighted by Gasteiger charge is -2.19. The van der Waals surface area contributed by atoms with Gasteiger partial charge >= 0.3 is 5.97 Å². The molecule has 1 aromatic carbocycles. The molecule has 0 aliphatic heterocycles. The molecule has 0 saturated heterocycles. The highest BCUT2D eigenvalue weighted by atomic mass is 35.5. The maximum absolute atomic E-state index is 11.8. The van der Waals surface area contributed by atoms with Gasteiger partial charge in [-0.15, -0.1) is 0 Å². The van der Waals surface area contributed by atoms with Gasteiger partial charge in [0.15, 0.2) is 0 Å². The summed E-state index contributed by atoms with van der Waals surface area (Å²) in [7, 11) is 1.59. The average Bonchev–Trinajstić information content (AvgIpc) is 2.40. The molecule has 0 saturated carbocycles. The molecule has 0 heterocycles. The van der Waals surface area contributed by atoms with Crippen LogP contribution in [0.15, 0.2) is 24.3 Å². The molecule has 1 rings (SSSR count). The number of carbonyl (C=O) groups excluding carboxylic acids is 1. The zero-order valence-corrected chi connectivity index (χ0v) is 12.3. The Labute approximate surface area is 123 Å². The second-order valence-corrected chi connectivity index (χ2v) is 5.00. The van der Waals surface area contributed by atoms with E-state index in [1.165, 1.54) is 4.90 Å². The average molecular weight is 300 g/mol. The fraction of sp³-hybridized carbons (Fsp3) is 0.429. The summed E-state index contributed by atoms with van der Waals surface area (Å²) < 4.78 is 5.41. The molecule has 0 fully saturated rings. The number of carboxylic acid groups (broad SMARTS) is 1. The summed E-state index contributed by atoms with van der Waals surface area (Å²) in [5.74, 6) is -1.00. The number of nitrogens with zero attached hydrogens (tertiary/aromatic N) is 1. The fourth-order valence-electron chi connectivity index (χ4n) is 1.57. The Morgan fingerprint density at radius 3 is 2.50 bits per heavy atom. The van der Waals surface area contributed by atoms with Crippen molar-refractivity contribution in [1.82, 2.24) is 4.90 Å². The summed E-state index contributed by atoms with van der Waals surface area (Å²) in [6.07, 6.45) is 0.200. The summed E-state index contributed by atoms with van der Waals surface area (Å²) >= 11 is 5.75. The maximum Gasteiger partial charge on any atom is 0.308 e. The van der Waals surface area contributed by atoms with Crippen molar-refractivity contribution in [1.29, 1.82) is 0 Å². The maximum atomic E-state index is 11.8. The van der Waals surface area contributed by atoms with E-state index in [0.717, 1.165) is 0 Å². The first-order chi connectivity index (χ1) is 9.40. The summed E-state index contributed by atoms with van der Waals surface area (Å²) in [5.41, 5.74) is 0. The van der Waals surface area contributed by atoms with Gasteiger partial charge in [0, 0.05) is 18.6 Å². The number of hydrogen-bond acceptors (Lipinski definition) is 3. The van der Waals surface area contributed by atoms with Crippen LogP contribution in [0.2, 0.25) is 5.02 Å². The van der Waals surface area contributed by atoms with Crippen molar-refractivity contribution in [2.45, 2.75) is 13.3 Å². The first-order valence-electron chi connectivity index (χ1n) is 6.25. The molecule has 1 aromatic rings. The van der Waals surface area contributed by atoms with E-state index in [1.54, 1.807) is 38.2 Å². The minimum absolute atomic E-state index is 0.146. The molecular weight excluding hydrogens is 282 g/mol. The van der Waals surface area contributed by atoms with Gasteiger partial charge in [-0.25, -0.2) is 0 Å². The number of carbonyl (C=O) groups is 2. The number of hydrogen-bond donors (Lipinski definition) is 1. The summed E-state index contributed by atoms with van der Waals surface area (Å²) in [5, 5.41) is 9.41. The van der Waals surface area contributed by atoms with Gasteiger partial charge in [0.2, 0.25) is 5.91 Å². The minimum Gasteiger partial charge on any atom is -0.493 e. The van der Waals surface area contributed by atoms with Crippen molar-refractivity contribution in [2.75, 3.05) is 20.2 Å². The predicted molar refractivity (Wildman–Crippen MR) is 76.0 cm³/mol. The van der Waals surface area contributed by atoms with Crippen LogP contribution in [0.5, 0.6) is 5.75 Å². The lowest BCUT2D eigenvalue weighted by Crippen LogP contribution is -2.34. The molecule has 0 bridgehead atoms. The van der Waals surface area contributed by atoms with Gasteiger partial charge in [-0.05, 0) is 24.3 Å². The van der Waals surface area contributed by atoms with E-state index in [9.17, 15) is 9.59 Å². The van der Waals surface area contributed by atoms with Crippen LogP contribution in [-0.2, 0) is 9.59 Å². The molecule has 1 amide bonds. The van der Waals surface area contributed by atoms with Crippen LogP contribution in [0, 0.1) is 5.92 Å². The molecule has 1 atom stereocenters. The van der Waals surface area contributed by atoms with Crippen LogP contribution < -0.4 is 4.74 Å². The number of carboxylic acids is 1. The number of benzene rings is 1. The lowest BCUT2D eigenvalue weighted by molar-refractivity contribution is -0.142. The third-order valence-corrected chi connectivity index (χ3v) is 3.05. The van der Waals surface area contributed by atoms with Crippen molar-refractivity contribution >= 4 is 23.5 Å². The van der Waals surface area contributed by atoms with E-state index >= 15 is 0 Å². The van der Waals surface area contributed by atoms with E-state index in [2.05, 4.69) is 0 Å².